The van der Waals surface area contributed by atoms with Crippen LogP contribution < -0.4 is 10.2 Å². The van der Waals surface area contributed by atoms with Crippen molar-refractivity contribution in [2.75, 3.05) is 7.11 Å². The molecular formula is C21H20IN3O2. The number of methoxy groups -OCH3 is 1. The van der Waals surface area contributed by atoms with Crippen LogP contribution in [0.4, 0.5) is 0 Å². The van der Waals surface area contributed by atoms with Gasteiger partial charge in [-0.3, -0.25) is 4.79 Å². The third-order valence-corrected chi connectivity index (χ3v) is 5.00. The fraction of sp³-hybridized carbons (Fsp3) is 0.143. The highest BCUT2D eigenvalue weighted by atomic mass is 127. The van der Waals surface area contributed by atoms with E-state index >= 15 is 0 Å². The largest absolute Gasteiger partial charge is 0.497 e. The van der Waals surface area contributed by atoms with Crippen molar-refractivity contribution in [2.24, 2.45) is 5.10 Å². The zero-order chi connectivity index (χ0) is 19.4. The second-order valence-electron chi connectivity index (χ2n) is 6.07. The summed E-state index contributed by atoms with van der Waals surface area (Å²) in [5.74, 6) is 0.443. The summed E-state index contributed by atoms with van der Waals surface area (Å²) in [5, 5.41) is 4.11. The van der Waals surface area contributed by atoms with Gasteiger partial charge in [-0.2, -0.15) is 5.10 Å². The van der Waals surface area contributed by atoms with Crippen molar-refractivity contribution in [1.82, 2.24) is 9.99 Å². The second-order valence-corrected chi connectivity index (χ2v) is 7.31. The number of hydrogen-bond acceptors (Lipinski definition) is 3. The normalized spacial score (nSPS) is 11.0. The van der Waals surface area contributed by atoms with Crippen molar-refractivity contribution in [2.45, 2.75) is 13.8 Å². The van der Waals surface area contributed by atoms with Gasteiger partial charge in [-0.15, -0.1) is 0 Å². The van der Waals surface area contributed by atoms with Crippen LogP contribution in [0.5, 0.6) is 5.75 Å². The monoisotopic (exact) mass is 473 g/mol. The van der Waals surface area contributed by atoms with E-state index in [9.17, 15) is 4.79 Å². The van der Waals surface area contributed by atoms with E-state index in [2.05, 4.69) is 74.9 Å². The van der Waals surface area contributed by atoms with Crippen molar-refractivity contribution in [1.29, 1.82) is 0 Å². The molecule has 0 bridgehead atoms. The van der Waals surface area contributed by atoms with Crippen molar-refractivity contribution in [3.05, 3.63) is 80.7 Å². The third-order valence-electron chi connectivity index (χ3n) is 4.28. The molecule has 3 aromatic rings. The first-order valence-corrected chi connectivity index (χ1v) is 9.50. The molecule has 6 heteroatoms. The number of carbonyl (C=O) groups excluding carboxylic acids is 1. The van der Waals surface area contributed by atoms with Crippen molar-refractivity contribution >= 4 is 34.7 Å². The quantitative estimate of drug-likeness (QED) is 0.338. The van der Waals surface area contributed by atoms with Crippen LogP contribution in [0, 0.1) is 17.4 Å². The Balaban J connectivity index is 1.74. The summed E-state index contributed by atoms with van der Waals surface area (Å²) < 4.78 is 8.46. The summed E-state index contributed by atoms with van der Waals surface area (Å²) in [7, 11) is 1.59. The molecule has 0 saturated heterocycles. The van der Waals surface area contributed by atoms with Gasteiger partial charge >= 0.3 is 0 Å². The Morgan fingerprint density at radius 1 is 1.11 bits per heavy atom. The van der Waals surface area contributed by atoms with Gasteiger partial charge in [0, 0.05) is 31.8 Å². The van der Waals surface area contributed by atoms with Crippen LogP contribution in [0.1, 0.15) is 27.3 Å². The number of aryl methyl sites for hydroxylation is 1. The van der Waals surface area contributed by atoms with Gasteiger partial charge in [0.15, 0.2) is 0 Å². The van der Waals surface area contributed by atoms with E-state index in [4.69, 9.17) is 4.74 Å². The average Bonchev–Trinajstić information content (AvgIpc) is 2.96. The number of hydrogen-bond donors (Lipinski definition) is 1. The SMILES string of the molecule is COc1ccc(C(=O)N/N=C\c2cc(C)n(-c3ccc(I)cc3)c2C)cc1. The first kappa shape index (κ1) is 19.2. The molecule has 1 N–H and O–H groups in total. The maximum atomic E-state index is 12.2. The molecular weight excluding hydrogens is 453 g/mol. The van der Waals surface area contributed by atoms with Crippen LogP contribution >= 0.6 is 22.6 Å². The lowest BCUT2D eigenvalue weighted by Crippen LogP contribution is -2.17. The number of rotatable bonds is 5. The molecule has 0 aliphatic carbocycles. The predicted molar refractivity (Wildman–Crippen MR) is 116 cm³/mol. The highest BCUT2D eigenvalue weighted by molar-refractivity contribution is 14.1. The van der Waals surface area contributed by atoms with Crippen LogP contribution in [0.3, 0.4) is 0 Å². The Kier molecular flexibility index (Phi) is 5.95. The van der Waals surface area contributed by atoms with Crippen molar-refractivity contribution in [3.8, 4) is 11.4 Å². The molecule has 0 aliphatic rings. The van der Waals surface area contributed by atoms with Gasteiger partial charge in [0.25, 0.3) is 5.91 Å². The molecule has 0 fully saturated rings. The zero-order valence-corrected chi connectivity index (χ0v) is 17.5. The number of benzene rings is 2. The lowest BCUT2D eigenvalue weighted by molar-refractivity contribution is 0.0955. The van der Waals surface area contributed by atoms with Crippen LogP contribution in [-0.2, 0) is 0 Å². The highest BCUT2D eigenvalue weighted by Gasteiger charge is 2.10. The van der Waals surface area contributed by atoms with Crippen LogP contribution in [-0.4, -0.2) is 23.8 Å². The van der Waals surface area contributed by atoms with E-state index in [0.717, 1.165) is 22.6 Å². The molecule has 138 valence electrons. The molecule has 1 heterocycles. The molecule has 0 radical (unpaired) electrons. The van der Waals surface area contributed by atoms with Gasteiger partial charge in [0.2, 0.25) is 0 Å². The minimum absolute atomic E-state index is 0.264. The maximum Gasteiger partial charge on any atom is 0.271 e. The number of aromatic nitrogens is 1. The number of halogens is 1. The molecule has 0 spiro atoms. The van der Waals surface area contributed by atoms with E-state index in [-0.39, 0.29) is 5.91 Å². The van der Waals surface area contributed by atoms with E-state index in [1.165, 1.54) is 3.57 Å². The summed E-state index contributed by atoms with van der Waals surface area (Å²) in [6.07, 6.45) is 1.67. The Morgan fingerprint density at radius 2 is 1.78 bits per heavy atom. The Bertz CT molecular complexity index is 974. The molecule has 2 aromatic carbocycles. The van der Waals surface area contributed by atoms with Crippen LogP contribution in [0.25, 0.3) is 5.69 Å². The lowest BCUT2D eigenvalue weighted by atomic mass is 10.2. The summed E-state index contributed by atoms with van der Waals surface area (Å²) in [6.45, 7) is 4.09. The highest BCUT2D eigenvalue weighted by Crippen LogP contribution is 2.20. The molecule has 27 heavy (non-hydrogen) atoms. The maximum absolute atomic E-state index is 12.2. The van der Waals surface area contributed by atoms with Gasteiger partial charge in [0.1, 0.15) is 5.75 Å². The fourth-order valence-corrected chi connectivity index (χ4v) is 3.23. The summed E-state index contributed by atoms with van der Waals surface area (Å²) in [4.78, 5) is 12.2. The van der Waals surface area contributed by atoms with E-state index in [1.54, 1.807) is 37.6 Å². The van der Waals surface area contributed by atoms with E-state index in [0.29, 0.717) is 11.3 Å². The fourth-order valence-electron chi connectivity index (χ4n) is 2.87. The van der Waals surface area contributed by atoms with Gasteiger partial charge < -0.3 is 9.30 Å². The van der Waals surface area contributed by atoms with Crippen molar-refractivity contribution in [3.63, 3.8) is 0 Å². The number of ether oxygens (including phenoxy) is 1. The first-order chi connectivity index (χ1) is 13.0. The molecule has 0 unspecified atom stereocenters. The minimum atomic E-state index is -0.264. The van der Waals surface area contributed by atoms with E-state index < -0.39 is 0 Å². The standard InChI is InChI=1S/C21H20IN3O2/c1-14-12-17(15(2)25(14)19-8-6-18(22)7-9-19)13-23-24-21(26)16-4-10-20(27-3)11-5-16/h4-13H,1-3H3,(H,24,26)/b23-13-. The average molecular weight is 473 g/mol. The number of hydrazone groups is 1. The molecule has 1 aromatic heterocycles. The van der Waals surface area contributed by atoms with E-state index in [1.807, 2.05) is 6.92 Å². The number of nitrogens with one attached hydrogen (secondary N) is 1. The van der Waals surface area contributed by atoms with Gasteiger partial charge in [0.05, 0.1) is 13.3 Å². The predicted octanol–water partition coefficient (Wildman–Crippen LogP) is 4.47. The Labute approximate surface area is 172 Å². The topological polar surface area (TPSA) is 55.6 Å². The summed E-state index contributed by atoms with van der Waals surface area (Å²) in [6, 6.07) is 17.3. The Hall–Kier alpha value is -2.61. The van der Waals surface area contributed by atoms with Crippen LogP contribution in [0.2, 0.25) is 0 Å². The lowest BCUT2D eigenvalue weighted by Gasteiger charge is -2.09. The molecule has 0 aliphatic heterocycles. The summed E-state index contributed by atoms with van der Waals surface area (Å²) in [5.41, 5.74) is 7.33. The Morgan fingerprint density at radius 3 is 2.41 bits per heavy atom. The molecule has 1 amide bonds. The number of carbonyl (C=O) groups is 1. The van der Waals surface area contributed by atoms with Crippen molar-refractivity contribution < 1.29 is 9.53 Å². The van der Waals surface area contributed by atoms with Gasteiger partial charge in [-0.25, -0.2) is 5.43 Å². The van der Waals surface area contributed by atoms with Crippen LogP contribution in [0.15, 0.2) is 59.7 Å². The second kappa shape index (κ2) is 8.39. The molecule has 0 atom stereocenters. The first-order valence-electron chi connectivity index (χ1n) is 8.42. The molecule has 0 saturated carbocycles. The number of amides is 1. The summed E-state index contributed by atoms with van der Waals surface area (Å²) >= 11 is 2.29. The van der Waals surface area contributed by atoms with Gasteiger partial charge in [-0.05, 0) is 91.0 Å². The third kappa shape index (κ3) is 4.39. The van der Waals surface area contributed by atoms with Gasteiger partial charge in [-0.1, -0.05) is 0 Å². The minimum Gasteiger partial charge on any atom is -0.497 e. The number of nitrogens with zero attached hydrogens (tertiary/aromatic N) is 2. The smallest absolute Gasteiger partial charge is 0.271 e. The zero-order valence-electron chi connectivity index (χ0n) is 15.4. The molecule has 5 nitrogen and oxygen atoms in total. The molecule has 3 rings (SSSR count).